The summed E-state index contributed by atoms with van der Waals surface area (Å²) in [5, 5.41) is 18.4. The van der Waals surface area contributed by atoms with Gasteiger partial charge in [0.2, 0.25) is 0 Å². The highest BCUT2D eigenvalue weighted by Crippen LogP contribution is 2.29. The molecule has 0 radical (unpaired) electrons. The van der Waals surface area contributed by atoms with E-state index in [1.165, 1.54) is 0 Å². The number of carboxylic acid groups (broad SMARTS) is 1. The number of carbonyl (C=O) groups is 1. The van der Waals surface area contributed by atoms with Gasteiger partial charge in [-0.15, -0.1) is 0 Å². The molecule has 1 aliphatic rings. The first-order valence-electron chi connectivity index (χ1n) is 6.04. The van der Waals surface area contributed by atoms with Gasteiger partial charge in [0.1, 0.15) is 0 Å². The van der Waals surface area contributed by atoms with Gasteiger partial charge in [0.25, 0.3) is 0 Å². The Balaban J connectivity index is 2.26. The Bertz CT molecular complexity index is 203. The van der Waals surface area contributed by atoms with Gasteiger partial charge < -0.3 is 10.2 Å². The molecule has 0 aromatic carbocycles. The summed E-state index contributed by atoms with van der Waals surface area (Å²) < 4.78 is 0. The molecule has 0 heterocycles. The van der Waals surface area contributed by atoms with E-state index in [0.29, 0.717) is 12.3 Å². The average molecular weight is 214 g/mol. The summed E-state index contributed by atoms with van der Waals surface area (Å²) in [4.78, 5) is 10.8. The zero-order valence-corrected chi connectivity index (χ0v) is 9.48. The lowest BCUT2D eigenvalue weighted by Crippen LogP contribution is -2.21. The van der Waals surface area contributed by atoms with Crippen molar-refractivity contribution in [1.29, 1.82) is 0 Å². The van der Waals surface area contributed by atoms with E-state index in [1.807, 2.05) is 6.92 Å². The van der Waals surface area contributed by atoms with Crippen LogP contribution in [0.5, 0.6) is 0 Å². The summed E-state index contributed by atoms with van der Waals surface area (Å²) in [6.45, 7) is 1.93. The van der Waals surface area contributed by atoms with Gasteiger partial charge in [0.05, 0.1) is 12.0 Å². The standard InChI is InChI=1S/C12H22O3/c1-2-10(12(14)15)7-6-9-4-3-5-11(13)8-9/h9-11,13H,2-8H2,1H3,(H,14,15). The van der Waals surface area contributed by atoms with E-state index in [1.54, 1.807) is 0 Å². The van der Waals surface area contributed by atoms with Crippen LogP contribution in [0.25, 0.3) is 0 Å². The molecular weight excluding hydrogens is 192 g/mol. The maximum atomic E-state index is 10.8. The number of hydrogen-bond donors (Lipinski definition) is 2. The summed E-state index contributed by atoms with van der Waals surface area (Å²) in [5.74, 6) is -0.319. The van der Waals surface area contributed by atoms with Crippen LogP contribution >= 0.6 is 0 Å². The predicted octanol–water partition coefficient (Wildman–Crippen LogP) is 2.43. The van der Waals surface area contributed by atoms with E-state index in [4.69, 9.17) is 5.11 Å². The maximum absolute atomic E-state index is 10.8. The Morgan fingerprint density at radius 3 is 2.73 bits per heavy atom. The zero-order valence-electron chi connectivity index (χ0n) is 9.48. The Morgan fingerprint density at radius 1 is 1.47 bits per heavy atom. The Kier molecular flexibility index (Phi) is 5.09. The Morgan fingerprint density at radius 2 is 2.20 bits per heavy atom. The second-order valence-electron chi connectivity index (χ2n) is 4.71. The first-order chi connectivity index (χ1) is 7.13. The van der Waals surface area contributed by atoms with Crippen molar-refractivity contribution in [2.45, 2.75) is 58.0 Å². The van der Waals surface area contributed by atoms with Gasteiger partial charge in [-0.3, -0.25) is 4.79 Å². The number of aliphatic hydroxyl groups is 1. The highest BCUT2D eigenvalue weighted by atomic mass is 16.4. The number of aliphatic carboxylic acids is 1. The molecule has 0 bridgehead atoms. The van der Waals surface area contributed by atoms with Gasteiger partial charge in [0, 0.05) is 0 Å². The van der Waals surface area contributed by atoms with Crippen molar-refractivity contribution >= 4 is 5.97 Å². The number of carboxylic acids is 1. The highest BCUT2D eigenvalue weighted by Gasteiger charge is 2.22. The average Bonchev–Trinajstić information content (AvgIpc) is 2.18. The molecule has 0 saturated heterocycles. The minimum absolute atomic E-state index is 0.145. The summed E-state index contributed by atoms with van der Waals surface area (Å²) >= 11 is 0. The third-order valence-electron chi connectivity index (χ3n) is 3.52. The smallest absolute Gasteiger partial charge is 0.306 e. The topological polar surface area (TPSA) is 57.5 Å². The Hall–Kier alpha value is -0.570. The molecule has 3 atom stereocenters. The van der Waals surface area contributed by atoms with Gasteiger partial charge in [0.15, 0.2) is 0 Å². The van der Waals surface area contributed by atoms with Crippen LogP contribution in [0.4, 0.5) is 0 Å². The van der Waals surface area contributed by atoms with Crippen molar-refractivity contribution in [2.24, 2.45) is 11.8 Å². The molecule has 3 heteroatoms. The molecule has 1 rings (SSSR count). The first-order valence-corrected chi connectivity index (χ1v) is 6.04. The number of rotatable bonds is 5. The van der Waals surface area contributed by atoms with Gasteiger partial charge in [-0.2, -0.15) is 0 Å². The normalized spacial score (nSPS) is 28.7. The van der Waals surface area contributed by atoms with E-state index in [9.17, 15) is 9.90 Å². The van der Waals surface area contributed by atoms with Crippen molar-refractivity contribution in [3.8, 4) is 0 Å². The SMILES string of the molecule is CCC(CCC1CCCC(O)C1)C(=O)O. The van der Waals surface area contributed by atoms with E-state index < -0.39 is 5.97 Å². The predicted molar refractivity (Wildman–Crippen MR) is 58.6 cm³/mol. The van der Waals surface area contributed by atoms with E-state index in [2.05, 4.69) is 0 Å². The van der Waals surface area contributed by atoms with E-state index >= 15 is 0 Å². The molecule has 0 amide bonds. The quantitative estimate of drug-likeness (QED) is 0.739. The highest BCUT2D eigenvalue weighted by molar-refractivity contribution is 5.69. The minimum atomic E-state index is -0.672. The molecule has 1 aliphatic carbocycles. The fourth-order valence-corrected chi connectivity index (χ4v) is 2.46. The van der Waals surface area contributed by atoms with Crippen molar-refractivity contribution in [1.82, 2.24) is 0 Å². The van der Waals surface area contributed by atoms with Gasteiger partial charge in [-0.1, -0.05) is 19.8 Å². The lowest BCUT2D eigenvalue weighted by Gasteiger charge is -2.26. The van der Waals surface area contributed by atoms with Crippen LogP contribution in [0.1, 0.15) is 51.9 Å². The molecular formula is C12H22O3. The summed E-state index contributed by atoms with van der Waals surface area (Å²) in [6.07, 6.45) is 6.34. The van der Waals surface area contributed by atoms with Crippen LogP contribution in [0.2, 0.25) is 0 Å². The molecule has 15 heavy (non-hydrogen) atoms. The molecule has 2 N–H and O–H groups in total. The first kappa shape index (κ1) is 12.5. The summed E-state index contributed by atoms with van der Waals surface area (Å²) in [7, 11) is 0. The molecule has 3 nitrogen and oxygen atoms in total. The van der Waals surface area contributed by atoms with Crippen LogP contribution in [-0.2, 0) is 4.79 Å². The third-order valence-corrected chi connectivity index (χ3v) is 3.52. The lowest BCUT2D eigenvalue weighted by atomic mass is 9.82. The van der Waals surface area contributed by atoms with Crippen molar-refractivity contribution in [3.05, 3.63) is 0 Å². The minimum Gasteiger partial charge on any atom is -0.481 e. The van der Waals surface area contributed by atoms with Gasteiger partial charge >= 0.3 is 5.97 Å². The molecule has 0 spiro atoms. The fraction of sp³-hybridized carbons (Fsp3) is 0.917. The molecule has 0 aromatic heterocycles. The van der Waals surface area contributed by atoms with Crippen molar-refractivity contribution in [3.63, 3.8) is 0 Å². The molecule has 3 unspecified atom stereocenters. The zero-order chi connectivity index (χ0) is 11.3. The van der Waals surface area contributed by atoms with Gasteiger partial charge in [-0.05, 0) is 38.0 Å². The monoisotopic (exact) mass is 214 g/mol. The molecule has 0 aromatic rings. The number of hydrogen-bond acceptors (Lipinski definition) is 2. The van der Waals surface area contributed by atoms with Crippen molar-refractivity contribution < 1.29 is 15.0 Å². The second-order valence-corrected chi connectivity index (χ2v) is 4.71. The van der Waals surface area contributed by atoms with Crippen LogP contribution in [0.3, 0.4) is 0 Å². The number of aliphatic hydroxyl groups excluding tert-OH is 1. The molecule has 0 aliphatic heterocycles. The third kappa shape index (κ3) is 4.20. The van der Waals surface area contributed by atoms with E-state index in [-0.39, 0.29) is 12.0 Å². The largest absolute Gasteiger partial charge is 0.481 e. The second kappa shape index (κ2) is 6.11. The van der Waals surface area contributed by atoms with Gasteiger partial charge in [-0.25, -0.2) is 0 Å². The van der Waals surface area contributed by atoms with Crippen LogP contribution in [-0.4, -0.2) is 22.3 Å². The molecule has 1 saturated carbocycles. The molecule has 1 fully saturated rings. The van der Waals surface area contributed by atoms with E-state index in [0.717, 1.165) is 38.5 Å². The lowest BCUT2D eigenvalue weighted by molar-refractivity contribution is -0.142. The fourth-order valence-electron chi connectivity index (χ4n) is 2.46. The van der Waals surface area contributed by atoms with Crippen LogP contribution < -0.4 is 0 Å². The maximum Gasteiger partial charge on any atom is 0.306 e. The Labute approximate surface area is 91.5 Å². The summed E-state index contributed by atoms with van der Waals surface area (Å²) in [6, 6.07) is 0. The summed E-state index contributed by atoms with van der Waals surface area (Å²) in [5.41, 5.74) is 0. The molecule has 88 valence electrons. The van der Waals surface area contributed by atoms with Crippen molar-refractivity contribution in [2.75, 3.05) is 0 Å². The van der Waals surface area contributed by atoms with Crippen LogP contribution in [0.15, 0.2) is 0 Å². The van der Waals surface area contributed by atoms with Crippen LogP contribution in [0, 0.1) is 11.8 Å².